The molecule has 1 aromatic heterocycles. The molecule has 0 fully saturated rings. The van der Waals surface area contributed by atoms with Gasteiger partial charge in [0.2, 0.25) is 15.9 Å². The molecule has 0 aliphatic carbocycles. The van der Waals surface area contributed by atoms with Gasteiger partial charge in [-0.05, 0) is 48.7 Å². The summed E-state index contributed by atoms with van der Waals surface area (Å²) < 4.78 is 24.9. The van der Waals surface area contributed by atoms with E-state index in [9.17, 15) is 13.2 Å². The van der Waals surface area contributed by atoms with Crippen molar-refractivity contribution in [1.82, 2.24) is 14.7 Å². The fraction of sp³-hybridized carbons (Fsp3) is 0.238. The van der Waals surface area contributed by atoms with Crippen LogP contribution in [0.2, 0.25) is 0 Å². The lowest BCUT2D eigenvalue weighted by Gasteiger charge is -2.25. The third-order valence-electron chi connectivity index (χ3n) is 4.93. The Labute approximate surface area is 170 Å². The minimum Gasteiger partial charge on any atom is -0.339 e. The first-order valence-corrected chi connectivity index (χ1v) is 10.8. The first-order chi connectivity index (χ1) is 13.8. The van der Waals surface area contributed by atoms with E-state index in [2.05, 4.69) is 5.10 Å². The first kappa shape index (κ1) is 20.8. The van der Waals surface area contributed by atoms with Gasteiger partial charge < -0.3 is 4.90 Å². The monoisotopic (exact) mass is 412 g/mol. The summed E-state index contributed by atoms with van der Waals surface area (Å²) in [7, 11) is -2.07. The van der Waals surface area contributed by atoms with Crippen LogP contribution in [0, 0.1) is 0 Å². The average Bonchev–Trinajstić information content (AvgIpc) is 3.20. The molecular weight excluding hydrogens is 388 g/mol. The van der Waals surface area contributed by atoms with Gasteiger partial charge in [0.05, 0.1) is 22.8 Å². The number of rotatable bonds is 7. The maximum Gasteiger partial charge on any atom is 0.238 e. The Bertz CT molecular complexity index is 1090. The fourth-order valence-electron chi connectivity index (χ4n) is 3.03. The molecule has 0 saturated carbocycles. The van der Waals surface area contributed by atoms with E-state index in [0.717, 1.165) is 11.3 Å². The average molecular weight is 413 g/mol. The van der Waals surface area contributed by atoms with Crippen molar-refractivity contribution >= 4 is 15.9 Å². The molecule has 2 N–H and O–H groups in total. The highest BCUT2D eigenvalue weighted by Crippen LogP contribution is 2.22. The third-order valence-corrected chi connectivity index (χ3v) is 5.84. The number of nitrogens with zero attached hydrogens (tertiary/aromatic N) is 3. The molecular formula is C21H24N4O3S. The van der Waals surface area contributed by atoms with Crippen LogP contribution in [0.3, 0.4) is 0 Å². The van der Waals surface area contributed by atoms with Gasteiger partial charge in [0.25, 0.3) is 0 Å². The zero-order valence-electron chi connectivity index (χ0n) is 16.4. The molecule has 1 heterocycles. The number of aryl methyl sites for hydroxylation is 1. The quantitative estimate of drug-likeness (QED) is 0.645. The SMILES string of the molecule is CC(c1cccc(S(N)(=O)=O)c1)N(C)C(=O)CCc1cnn(-c2ccccc2)c1. The number of benzene rings is 2. The molecule has 0 aliphatic heterocycles. The standard InChI is InChI=1S/C21H24N4O3S/c1-16(18-7-6-10-20(13-18)29(22,27)28)24(2)21(26)12-11-17-14-23-25(15-17)19-8-4-3-5-9-19/h3-10,13-16H,11-12H2,1-2H3,(H2,22,27,28). The van der Waals surface area contributed by atoms with Crippen molar-refractivity contribution in [1.29, 1.82) is 0 Å². The van der Waals surface area contributed by atoms with E-state index < -0.39 is 10.0 Å². The van der Waals surface area contributed by atoms with Gasteiger partial charge in [0.15, 0.2) is 0 Å². The summed E-state index contributed by atoms with van der Waals surface area (Å²) in [5.41, 5.74) is 2.65. The number of hydrogen-bond acceptors (Lipinski definition) is 4. The predicted octanol–water partition coefficient (Wildman–Crippen LogP) is 2.67. The topological polar surface area (TPSA) is 98.3 Å². The van der Waals surface area contributed by atoms with Crippen LogP contribution in [-0.2, 0) is 21.2 Å². The second kappa shape index (κ2) is 8.59. The van der Waals surface area contributed by atoms with E-state index in [0.29, 0.717) is 18.4 Å². The largest absolute Gasteiger partial charge is 0.339 e. The van der Waals surface area contributed by atoms with Crippen LogP contribution in [0.15, 0.2) is 71.9 Å². The third kappa shape index (κ3) is 5.10. The molecule has 1 unspecified atom stereocenters. The predicted molar refractivity (Wildman–Crippen MR) is 111 cm³/mol. The highest BCUT2D eigenvalue weighted by molar-refractivity contribution is 7.89. The number of carbonyl (C=O) groups is 1. The Morgan fingerprint density at radius 1 is 1.17 bits per heavy atom. The number of sulfonamides is 1. The van der Waals surface area contributed by atoms with Crippen LogP contribution in [0.5, 0.6) is 0 Å². The molecule has 152 valence electrons. The molecule has 0 spiro atoms. The second-order valence-corrected chi connectivity index (χ2v) is 8.49. The molecule has 7 nitrogen and oxygen atoms in total. The highest BCUT2D eigenvalue weighted by Gasteiger charge is 2.19. The van der Waals surface area contributed by atoms with Crippen LogP contribution in [0.4, 0.5) is 0 Å². The van der Waals surface area contributed by atoms with Crippen LogP contribution < -0.4 is 5.14 Å². The second-order valence-electron chi connectivity index (χ2n) is 6.93. The lowest BCUT2D eigenvalue weighted by molar-refractivity contribution is -0.131. The van der Waals surface area contributed by atoms with Crippen LogP contribution in [-0.4, -0.2) is 36.1 Å². The van der Waals surface area contributed by atoms with Gasteiger partial charge in [-0.15, -0.1) is 0 Å². The summed E-state index contributed by atoms with van der Waals surface area (Å²) in [5.74, 6) is -0.0361. The first-order valence-electron chi connectivity index (χ1n) is 9.23. The van der Waals surface area contributed by atoms with Gasteiger partial charge in [-0.25, -0.2) is 18.2 Å². The van der Waals surface area contributed by atoms with E-state index in [4.69, 9.17) is 5.14 Å². The van der Waals surface area contributed by atoms with Gasteiger partial charge in [0.1, 0.15) is 0 Å². The van der Waals surface area contributed by atoms with Crippen molar-refractivity contribution in [2.45, 2.75) is 30.7 Å². The number of hydrogen-bond donors (Lipinski definition) is 1. The van der Waals surface area contributed by atoms with Crippen molar-refractivity contribution in [3.8, 4) is 5.69 Å². The zero-order chi connectivity index (χ0) is 21.0. The molecule has 0 radical (unpaired) electrons. The summed E-state index contributed by atoms with van der Waals surface area (Å²) in [6.07, 6.45) is 4.58. The molecule has 1 amide bonds. The van der Waals surface area contributed by atoms with Gasteiger partial charge >= 0.3 is 0 Å². The van der Waals surface area contributed by atoms with Crippen LogP contribution in [0.25, 0.3) is 5.69 Å². The maximum absolute atomic E-state index is 12.6. The molecule has 1 atom stereocenters. The van der Waals surface area contributed by atoms with Crippen LogP contribution in [0.1, 0.15) is 30.5 Å². The smallest absolute Gasteiger partial charge is 0.238 e. The van der Waals surface area contributed by atoms with Crippen molar-refractivity contribution in [3.63, 3.8) is 0 Å². The number of carbonyl (C=O) groups excluding carboxylic acids is 1. The van der Waals surface area contributed by atoms with Crippen molar-refractivity contribution in [2.24, 2.45) is 5.14 Å². The van der Waals surface area contributed by atoms with Crippen LogP contribution >= 0.6 is 0 Å². The zero-order valence-corrected chi connectivity index (χ0v) is 17.2. The minimum absolute atomic E-state index is 0.0361. The number of aromatic nitrogens is 2. The van der Waals surface area contributed by atoms with Crippen molar-refractivity contribution in [2.75, 3.05) is 7.05 Å². The summed E-state index contributed by atoms with van der Waals surface area (Å²) in [4.78, 5) is 14.3. The number of primary sulfonamides is 1. The Morgan fingerprint density at radius 2 is 1.90 bits per heavy atom. The van der Waals surface area contributed by atoms with Gasteiger partial charge in [-0.3, -0.25) is 4.79 Å². The van der Waals surface area contributed by atoms with E-state index in [1.807, 2.05) is 43.5 Å². The van der Waals surface area contributed by atoms with E-state index in [1.165, 1.54) is 12.1 Å². The van der Waals surface area contributed by atoms with Crippen molar-refractivity contribution in [3.05, 3.63) is 78.1 Å². The Morgan fingerprint density at radius 3 is 2.59 bits per heavy atom. The summed E-state index contributed by atoms with van der Waals surface area (Å²) in [6.45, 7) is 1.85. The number of para-hydroxylation sites is 1. The fourth-order valence-corrected chi connectivity index (χ4v) is 3.60. The van der Waals surface area contributed by atoms with Gasteiger partial charge in [0, 0.05) is 19.7 Å². The molecule has 8 heteroatoms. The maximum atomic E-state index is 12.6. The van der Waals surface area contributed by atoms with E-state index in [1.54, 1.807) is 35.0 Å². The molecule has 3 rings (SSSR count). The summed E-state index contributed by atoms with van der Waals surface area (Å²) in [5, 5.41) is 9.55. The highest BCUT2D eigenvalue weighted by atomic mass is 32.2. The Hall–Kier alpha value is -2.97. The molecule has 2 aromatic carbocycles. The number of nitrogens with two attached hydrogens (primary N) is 1. The lowest BCUT2D eigenvalue weighted by Crippen LogP contribution is -2.30. The number of amides is 1. The molecule has 0 saturated heterocycles. The Kier molecular flexibility index (Phi) is 6.14. The molecule has 3 aromatic rings. The molecule has 29 heavy (non-hydrogen) atoms. The normalized spacial score (nSPS) is 12.5. The van der Waals surface area contributed by atoms with Gasteiger partial charge in [-0.2, -0.15) is 5.10 Å². The van der Waals surface area contributed by atoms with E-state index in [-0.39, 0.29) is 16.8 Å². The summed E-state index contributed by atoms with van der Waals surface area (Å²) in [6, 6.07) is 15.8. The van der Waals surface area contributed by atoms with Gasteiger partial charge in [-0.1, -0.05) is 30.3 Å². The van der Waals surface area contributed by atoms with Crippen molar-refractivity contribution < 1.29 is 13.2 Å². The minimum atomic E-state index is -3.78. The Balaban J connectivity index is 1.63. The molecule has 0 bridgehead atoms. The summed E-state index contributed by atoms with van der Waals surface area (Å²) >= 11 is 0. The van der Waals surface area contributed by atoms with E-state index >= 15 is 0 Å². The molecule has 0 aliphatic rings. The lowest BCUT2D eigenvalue weighted by atomic mass is 10.1.